The number of methoxy groups -OCH3 is 2. The summed E-state index contributed by atoms with van der Waals surface area (Å²) >= 11 is 1.35. The fourth-order valence-corrected chi connectivity index (χ4v) is 4.05. The molecule has 0 saturated carbocycles. The number of ether oxygens (including phenoxy) is 3. The standard InChI is InChI=1S/C22H21N3O5S/c1-28-18-9-8-14(12-19(18)29-2)20-23-16(13-31-20)21(26)30-11-5-10-25-17-7-4-3-6-15(17)24-22(25)27/h3-4,6-9,12-13H,5,10-11H2,1-2H3,(H,24,27). The number of rotatable bonds is 8. The number of nitrogens with one attached hydrogen (secondary N) is 1. The molecule has 0 atom stereocenters. The molecule has 1 N–H and O–H groups in total. The first kappa shape index (κ1) is 20.7. The number of fused-ring (bicyclic) bond motifs is 1. The Hall–Kier alpha value is -3.59. The Bertz CT molecular complexity index is 1270. The van der Waals surface area contributed by atoms with Crippen LogP contribution in [-0.2, 0) is 11.3 Å². The summed E-state index contributed by atoms with van der Waals surface area (Å²) in [4.78, 5) is 31.6. The molecule has 2 heterocycles. The van der Waals surface area contributed by atoms with Gasteiger partial charge in [0.05, 0.1) is 31.9 Å². The molecular weight excluding hydrogens is 418 g/mol. The molecule has 4 rings (SSSR count). The molecule has 0 fully saturated rings. The number of para-hydroxylation sites is 2. The van der Waals surface area contributed by atoms with Gasteiger partial charge < -0.3 is 19.2 Å². The molecule has 2 aromatic heterocycles. The number of aromatic amines is 1. The van der Waals surface area contributed by atoms with E-state index in [1.807, 2.05) is 36.4 Å². The number of imidazole rings is 1. The summed E-state index contributed by atoms with van der Waals surface area (Å²) in [5.41, 5.74) is 2.51. The Balaban J connectivity index is 1.36. The first-order valence-electron chi connectivity index (χ1n) is 9.63. The number of carbonyl (C=O) groups excluding carboxylic acids is 1. The zero-order chi connectivity index (χ0) is 21.8. The Kier molecular flexibility index (Phi) is 6.03. The third-order valence-corrected chi connectivity index (χ3v) is 5.68. The summed E-state index contributed by atoms with van der Waals surface area (Å²) in [6.45, 7) is 0.637. The second-order valence-electron chi connectivity index (χ2n) is 6.70. The van der Waals surface area contributed by atoms with Gasteiger partial charge in [-0.2, -0.15) is 0 Å². The number of benzene rings is 2. The van der Waals surface area contributed by atoms with Gasteiger partial charge in [-0.25, -0.2) is 14.6 Å². The molecule has 0 saturated heterocycles. The van der Waals surface area contributed by atoms with Crippen molar-refractivity contribution in [1.29, 1.82) is 0 Å². The number of aryl methyl sites for hydroxylation is 1. The number of thiazole rings is 1. The highest BCUT2D eigenvalue weighted by atomic mass is 32.1. The van der Waals surface area contributed by atoms with Crippen LogP contribution < -0.4 is 15.2 Å². The number of hydrogen-bond donors (Lipinski definition) is 1. The van der Waals surface area contributed by atoms with Gasteiger partial charge in [0.2, 0.25) is 0 Å². The number of aromatic nitrogens is 3. The van der Waals surface area contributed by atoms with E-state index in [0.29, 0.717) is 29.5 Å². The number of esters is 1. The lowest BCUT2D eigenvalue weighted by Crippen LogP contribution is -2.18. The minimum atomic E-state index is -0.491. The van der Waals surface area contributed by atoms with E-state index in [2.05, 4.69) is 9.97 Å². The lowest BCUT2D eigenvalue weighted by Gasteiger charge is -2.08. The highest BCUT2D eigenvalue weighted by molar-refractivity contribution is 7.13. The van der Waals surface area contributed by atoms with Crippen LogP contribution in [0.5, 0.6) is 11.5 Å². The van der Waals surface area contributed by atoms with Gasteiger partial charge in [0.1, 0.15) is 5.01 Å². The van der Waals surface area contributed by atoms with Gasteiger partial charge in [-0.05, 0) is 36.8 Å². The van der Waals surface area contributed by atoms with Gasteiger partial charge in [-0.1, -0.05) is 12.1 Å². The highest BCUT2D eigenvalue weighted by Crippen LogP contribution is 2.33. The van der Waals surface area contributed by atoms with Crippen LogP contribution in [0.25, 0.3) is 21.6 Å². The fourth-order valence-electron chi connectivity index (χ4n) is 3.26. The van der Waals surface area contributed by atoms with Gasteiger partial charge in [0.15, 0.2) is 17.2 Å². The quantitative estimate of drug-likeness (QED) is 0.332. The molecule has 0 radical (unpaired) electrons. The summed E-state index contributed by atoms with van der Waals surface area (Å²) < 4.78 is 17.5. The summed E-state index contributed by atoms with van der Waals surface area (Å²) in [6.07, 6.45) is 0.514. The number of H-pyrrole nitrogens is 1. The second kappa shape index (κ2) is 9.05. The van der Waals surface area contributed by atoms with Crippen molar-refractivity contribution in [3.63, 3.8) is 0 Å². The smallest absolute Gasteiger partial charge is 0.357 e. The maximum absolute atomic E-state index is 12.4. The molecule has 31 heavy (non-hydrogen) atoms. The maximum atomic E-state index is 12.4. The van der Waals surface area contributed by atoms with Gasteiger partial charge in [0.25, 0.3) is 0 Å². The summed E-state index contributed by atoms with van der Waals surface area (Å²) in [7, 11) is 3.14. The molecular formula is C22H21N3O5S. The normalized spacial score (nSPS) is 10.9. The highest BCUT2D eigenvalue weighted by Gasteiger charge is 2.15. The second-order valence-corrected chi connectivity index (χ2v) is 7.55. The summed E-state index contributed by atoms with van der Waals surface area (Å²) in [6, 6.07) is 12.9. The maximum Gasteiger partial charge on any atom is 0.357 e. The van der Waals surface area contributed by atoms with E-state index in [1.165, 1.54) is 11.3 Å². The van der Waals surface area contributed by atoms with E-state index in [-0.39, 0.29) is 18.0 Å². The van der Waals surface area contributed by atoms with Crippen LogP contribution in [0.1, 0.15) is 16.9 Å². The number of hydrogen-bond acceptors (Lipinski definition) is 7. The van der Waals surface area contributed by atoms with Crippen LogP contribution in [0, 0.1) is 0 Å². The molecule has 0 aliphatic heterocycles. The average molecular weight is 439 g/mol. The van der Waals surface area contributed by atoms with Crippen molar-refractivity contribution >= 4 is 28.3 Å². The molecule has 0 amide bonds. The molecule has 0 unspecified atom stereocenters. The lowest BCUT2D eigenvalue weighted by atomic mass is 10.2. The zero-order valence-electron chi connectivity index (χ0n) is 17.1. The Morgan fingerprint density at radius 1 is 1.13 bits per heavy atom. The predicted molar refractivity (Wildman–Crippen MR) is 118 cm³/mol. The summed E-state index contributed by atoms with van der Waals surface area (Å²) in [5, 5.41) is 2.34. The molecule has 8 nitrogen and oxygen atoms in total. The van der Waals surface area contributed by atoms with E-state index in [4.69, 9.17) is 14.2 Å². The van der Waals surface area contributed by atoms with Gasteiger partial charge in [-0.3, -0.25) is 4.57 Å². The van der Waals surface area contributed by atoms with Crippen molar-refractivity contribution in [2.75, 3.05) is 20.8 Å². The molecule has 0 spiro atoms. The SMILES string of the molecule is COc1ccc(-c2nc(C(=O)OCCCn3c(=O)[nH]c4ccccc43)cs2)cc1OC. The molecule has 0 aliphatic carbocycles. The monoisotopic (exact) mass is 439 g/mol. The van der Waals surface area contributed by atoms with Crippen molar-refractivity contribution in [2.24, 2.45) is 0 Å². The number of nitrogens with zero attached hydrogens (tertiary/aromatic N) is 2. The third kappa shape index (κ3) is 4.31. The predicted octanol–water partition coefficient (Wildman–Crippen LogP) is 3.72. The molecule has 160 valence electrons. The van der Waals surface area contributed by atoms with E-state index in [1.54, 1.807) is 30.2 Å². The average Bonchev–Trinajstić information content (AvgIpc) is 3.41. The van der Waals surface area contributed by atoms with Crippen molar-refractivity contribution in [1.82, 2.24) is 14.5 Å². The molecule has 4 aromatic rings. The van der Waals surface area contributed by atoms with E-state index in [9.17, 15) is 9.59 Å². The van der Waals surface area contributed by atoms with Crippen LogP contribution in [0.4, 0.5) is 0 Å². The minimum Gasteiger partial charge on any atom is -0.493 e. The van der Waals surface area contributed by atoms with Crippen molar-refractivity contribution in [3.05, 3.63) is 64.0 Å². The Morgan fingerprint density at radius 3 is 2.74 bits per heavy atom. The fraction of sp³-hybridized carbons (Fsp3) is 0.227. The van der Waals surface area contributed by atoms with Crippen molar-refractivity contribution in [3.8, 4) is 22.1 Å². The van der Waals surface area contributed by atoms with Crippen molar-refractivity contribution < 1.29 is 19.0 Å². The van der Waals surface area contributed by atoms with Gasteiger partial charge in [0, 0.05) is 17.5 Å². The van der Waals surface area contributed by atoms with Gasteiger partial charge >= 0.3 is 11.7 Å². The molecule has 9 heteroatoms. The minimum absolute atomic E-state index is 0.174. The molecule has 0 bridgehead atoms. The first-order valence-corrected chi connectivity index (χ1v) is 10.5. The Labute approximate surface area is 182 Å². The van der Waals surface area contributed by atoms with Gasteiger partial charge in [-0.15, -0.1) is 11.3 Å². The van der Waals surface area contributed by atoms with Crippen LogP contribution in [-0.4, -0.2) is 41.3 Å². The van der Waals surface area contributed by atoms with E-state index < -0.39 is 5.97 Å². The van der Waals surface area contributed by atoms with E-state index in [0.717, 1.165) is 16.6 Å². The molecule has 0 aliphatic rings. The Morgan fingerprint density at radius 2 is 1.94 bits per heavy atom. The lowest BCUT2D eigenvalue weighted by molar-refractivity contribution is 0.0490. The summed E-state index contributed by atoms with van der Waals surface area (Å²) in [5.74, 6) is 0.720. The van der Waals surface area contributed by atoms with Crippen LogP contribution >= 0.6 is 11.3 Å². The van der Waals surface area contributed by atoms with Crippen LogP contribution in [0.3, 0.4) is 0 Å². The third-order valence-electron chi connectivity index (χ3n) is 4.78. The largest absolute Gasteiger partial charge is 0.493 e. The first-order chi connectivity index (χ1) is 15.1. The van der Waals surface area contributed by atoms with Crippen LogP contribution in [0.2, 0.25) is 0 Å². The topological polar surface area (TPSA) is 95.4 Å². The van der Waals surface area contributed by atoms with Crippen molar-refractivity contribution in [2.45, 2.75) is 13.0 Å². The zero-order valence-corrected chi connectivity index (χ0v) is 17.9. The molecule has 2 aromatic carbocycles. The van der Waals surface area contributed by atoms with Crippen LogP contribution in [0.15, 0.2) is 52.6 Å². The number of carbonyl (C=O) groups is 1. The van der Waals surface area contributed by atoms with E-state index >= 15 is 0 Å².